The Balaban J connectivity index is 1.77. The Bertz CT molecular complexity index is 947. The Morgan fingerprint density at radius 1 is 1.25 bits per heavy atom. The summed E-state index contributed by atoms with van der Waals surface area (Å²) < 4.78 is 28.7. The van der Waals surface area contributed by atoms with Crippen LogP contribution in [0.15, 0.2) is 53.3 Å². The lowest BCUT2D eigenvalue weighted by Crippen LogP contribution is -2.15. The lowest BCUT2D eigenvalue weighted by molar-refractivity contribution is 0.0698. The molecule has 0 spiro atoms. The number of nitrogens with one attached hydrogen (secondary N) is 1. The zero-order valence-electron chi connectivity index (χ0n) is 12.2. The van der Waals surface area contributed by atoms with Gasteiger partial charge in [-0.05, 0) is 29.1 Å². The first-order valence-corrected chi connectivity index (χ1v) is 9.07. The molecule has 0 radical (unpaired) electrons. The normalized spacial score (nSPS) is 11.3. The number of benzene rings is 1. The van der Waals surface area contributed by atoms with Crippen LogP contribution in [0.5, 0.6) is 0 Å². The standard InChI is InChI=1S/C14H12N4O4S2/c19-14(20)13-12(5-6-23-13)24(21,22)17-11-3-1-10(2-4-11)7-18-9-15-8-16-18/h1-6,8-9,17H,7H2,(H,19,20). The van der Waals surface area contributed by atoms with E-state index in [-0.39, 0.29) is 9.77 Å². The molecule has 2 heterocycles. The maximum Gasteiger partial charge on any atom is 0.347 e. The van der Waals surface area contributed by atoms with E-state index in [1.54, 1.807) is 35.3 Å². The van der Waals surface area contributed by atoms with Crippen molar-refractivity contribution in [2.24, 2.45) is 0 Å². The van der Waals surface area contributed by atoms with Crippen molar-refractivity contribution in [2.75, 3.05) is 4.72 Å². The number of thiophene rings is 1. The van der Waals surface area contributed by atoms with Gasteiger partial charge in [0.15, 0.2) is 0 Å². The largest absolute Gasteiger partial charge is 0.477 e. The van der Waals surface area contributed by atoms with Crippen LogP contribution in [0.1, 0.15) is 15.2 Å². The average Bonchev–Trinajstić information content (AvgIpc) is 3.20. The van der Waals surface area contributed by atoms with Gasteiger partial charge in [0.1, 0.15) is 22.4 Å². The van der Waals surface area contributed by atoms with E-state index in [0.29, 0.717) is 12.2 Å². The lowest BCUT2D eigenvalue weighted by Gasteiger charge is -2.08. The molecule has 124 valence electrons. The molecule has 0 aliphatic carbocycles. The van der Waals surface area contributed by atoms with Gasteiger partial charge in [-0.15, -0.1) is 11.3 Å². The second-order valence-corrected chi connectivity index (χ2v) is 7.38. The average molecular weight is 364 g/mol. The highest BCUT2D eigenvalue weighted by Crippen LogP contribution is 2.24. The van der Waals surface area contributed by atoms with E-state index in [9.17, 15) is 13.2 Å². The van der Waals surface area contributed by atoms with Gasteiger partial charge in [-0.3, -0.25) is 4.72 Å². The summed E-state index contributed by atoms with van der Waals surface area (Å²) >= 11 is 0.865. The van der Waals surface area contributed by atoms with Crippen LogP contribution < -0.4 is 4.72 Å². The molecule has 0 saturated carbocycles. The number of carboxylic acids is 1. The topological polar surface area (TPSA) is 114 Å². The van der Waals surface area contributed by atoms with Crippen LogP contribution in [0.25, 0.3) is 0 Å². The fourth-order valence-corrected chi connectivity index (χ4v) is 4.37. The third-order valence-electron chi connectivity index (χ3n) is 3.13. The molecule has 0 aliphatic heterocycles. The Morgan fingerprint density at radius 2 is 2.00 bits per heavy atom. The van der Waals surface area contributed by atoms with Crippen LogP contribution in [0.2, 0.25) is 0 Å². The van der Waals surface area contributed by atoms with Gasteiger partial charge in [0.05, 0.1) is 6.54 Å². The van der Waals surface area contributed by atoms with Gasteiger partial charge in [-0.2, -0.15) is 5.10 Å². The minimum atomic E-state index is -3.96. The highest BCUT2D eigenvalue weighted by molar-refractivity contribution is 7.93. The molecule has 2 aromatic heterocycles. The Labute approximate surface area is 141 Å². The Hall–Kier alpha value is -2.72. The van der Waals surface area contributed by atoms with Crippen LogP contribution in [0, 0.1) is 0 Å². The molecule has 3 aromatic rings. The number of hydrogen-bond acceptors (Lipinski definition) is 6. The van der Waals surface area contributed by atoms with Crippen LogP contribution in [0.4, 0.5) is 5.69 Å². The maximum atomic E-state index is 12.3. The second kappa shape index (κ2) is 6.42. The van der Waals surface area contributed by atoms with Crippen molar-refractivity contribution in [1.29, 1.82) is 0 Å². The quantitative estimate of drug-likeness (QED) is 0.690. The molecular weight excluding hydrogens is 352 g/mol. The molecule has 0 saturated heterocycles. The molecule has 2 N–H and O–H groups in total. The zero-order chi connectivity index (χ0) is 17.2. The molecule has 24 heavy (non-hydrogen) atoms. The SMILES string of the molecule is O=C(O)c1sccc1S(=O)(=O)Nc1ccc(Cn2cncn2)cc1. The number of rotatable bonds is 6. The number of hydrogen-bond donors (Lipinski definition) is 2. The van der Waals surface area contributed by atoms with Gasteiger partial charge >= 0.3 is 5.97 Å². The third kappa shape index (κ3) is 3.44. The summed E-state index contributed by atoms with van der Waals surface area (Å²) in [5.41, 5.74) is 1.27. The van der Waals surface area contributed by atoms with E-state index < -0.39 is 16.0 Å². The summed E-state index contributed by atoms with van der Waals surface area (Å²) in [6.45, 7) is 0.515. The highest BCUT2D eigenvalue weighted by Gasteiger charge is 2.23. The first-order valence-electron chi connectivity index (χ1n) is 6.71. The van der Waals surface area contributed by atoms with Crippen LogP contribution in [-0.2, 0) is 16.6 Å². The van der Waals surface area contributed by atoms with E-state index >= 15 is 0 Å². The minimum absolute atomic E-state index is 0.217. The van der Waals surface area contributed by atoms with E-state index in [4.69, 9.17) is 5.11 Å². The van der Waals surface area contributed by atoms with Crippen molar-refractivity contribution in [2.45, 2.75) is 11.4 Å². The third-order valence-corrected chi connectivity index (χ3v) is 5.59. The number of anilines is 1. The van der Waals surface area contributed by atoms with Crippen molar-refractivity contribution in [3.05, 3.63) is 58.8 Å². The number of aromatic nitrogens is 3. The van der Waals surface area contributed by atoms with Gasteiger partial charge in [-0.25, -0.2) is 22.9 Å². The highest BCUT2D eigenvalue weighted by atomic mass is 32.2. The van der Waals surface area contributed by atoms with Crippen molar-refractivity contribution in [3.63, 3.8) is 0 Å². The monoisotopic (exact) mass is 364 g/mol. The predicted octanol–water partition coefficient (Wildman–Crippen LogP) is 1.89. The van der Waals surface area contributed by atoms with Gasteiger partial charge in [0, 0.05) is 5.69 Å². The van der Waals surface area contributed by atoms with Crippen LogP contribution >= 0.6 is 11.3 Å². The molecule has 0 fully saturated rings. The molecule has 0 aliphatic rings. The second-order valence-electron chi connectivity index (χ2n) is 4.81. The molecule has 0 amide bonds. The molecule has 0 bridgehead atoms. The molecule has 1 aromatic carbocycles. The molecule has 0 atom stereocenters. The molecule has 3 rings (SSSR count). The predicted molar refractivity (Wildman–Crippen MR) is 87.7 cm³/mol. The Kier molecular flexibility index (Phi) is 4.32. The number of carboxylic acid groups (broad SMARTS) is 1. The molecule has 10 heteroatoms. The lowest BCUT2D eigenvalue weighted by atomic mass is 10.2. The summed E-state index contributed by atoms with van der Waals surface area (Å²) in [6.07, 6.45) is 3.02. The van der Waals surface area contributed by atoms with Crippen molar-refractivity contribution in [3.8, 4) is 0 Å². The summed E-state index contributed by atoms with van der Waals surface area (Å²) in [7, 11) is -3.96. The molecule has 0 unspecified atom stereocenters. The fraction of sp³-hybridized carbons (Fsp3) is 0.0714. The summed E-state index contributed by atoms with van der Waals surface area (Å²) in [5.74, 6) is -1.27. The number of sulfonamides is 1. The van der Waals surface area contributed by atoms with E-state index in [1.165, 1.54) is 17.8 Å². The zero-order valence-corrected chi connectivity index (χ0v) is 13.8. The first-order chi connectivity index (χ1) is 11.5. The number of aromatic carboxylic acids is 1. The van der Waals surface area contributed by atoms with Crippen molar-refractivity contribution >= 4 is 33.0 Å². The number of nitrogens with zero attached hydrogens (tertiary/aromatic N) is 3. The van der Waals surface area contributed by atoms with E-state index in [1.807, 2.05) is 0 Å². The maximum absolute atomic E-state index is 12.3. The van der Waals surface area contributed by atoms with Crippen molar-refractivity contribution in [1.82, 2.24) is 14.8 Å². The summed E-state index contributed by atoms with van der Waals surface area (Å²) in [6, 6.07) is 8.00. The fourth-order valence-electron chi connectivity index (χ4n) is 2.05. The Morgan fingerprint density at radius 3 is 2.62 bits per heavy atom. The van der Waals surface area contributed by atoms with Crippen LogP contribution in [0.3, 0.4) is 0 Å². The van der Waals surface area contributed by atoms with E-state index in [2.05, 4.69) is 14.8 Å². The van der Waals surface area contributed by atoms with Crippen LogP contribution in [-0.4, -0.2) is 34.3 Å². The molecule has 8 nitrogen and oxygen atoms in total. The van der Waals surface area contributed by atoms with E-state index in [0.717, 1.165) is 16.9 Å². The minimum Gasteiger partial charge on any atom is -0.477 e. The smallest absolute Gasteiger partial charge is 0.347 e. The van der Waals surface area contributed by atoms with Gasteiger partial charge in [0.25, 0.3) is 10.0 Å². The summed E-state index contributed by atoms with van der Waals surface area (Å²) in [4.78, 5) is 14.5. The summed E-state index contributed by atoms with van der Waals surface area (Å²) in [5, 5.41) is 14.5. The van der Waals surface area contributed by atoms with Gasteiger partial charge in [-0.1, -0.05) is 12.1 Å². The number of carbonyl (C=O) groups is 1. The van der Waals surface area contributed by atoms with Gasteiger partial charge in [0.2, 0.25) is 0 Å². The van der Waals surface area contributed by atoms with Gasteiger partial charge < -0.3 is 5.11 Å². The first kappa shape index (κ1) is 16.1. The van der Waals surface area contributed by atoms with Crippen molar-refractivity contribution < 1.29 is 18.3 Å². The molecular formula is C14H12N4O4S2.